The van der Waals surface area contributed by atoms with Crippen LogP contribution in [0.5, 0.6) is 11.5 Å². The molecule has 2 aromatic carbocycles. The normalized spacial score (nSPS) is 13.8. The molecule has 0 spiro atoms. The molecule has 0 aliphatic carbocycles. The summed E-state index contributed by atoms with van der Waals surface area (Å²) in [7, 11) is 3.21. The third-order valence-corrected chi connectivity index (χ3v) is 7.06. The number of benzene rings is 2. The number of carbonyl (C=O) groups is 2. The number of halogens is 1. The number of aromatic nitrogens is 1. The summed E-state index contributed by atoms with van der Waals surface area (Å²) in [6, 6.07) is 16.6. The van der Waals surface area contributed by atoms with Gasteiger partial charge in [0.1, 0.15) is 0 Å². The molecule has 0 radical (unpaired) electrons. The Morgan fingerprint density at radius 3 is 2.43 bits per heavy atom. The van der Waals surface area contributed by atoms with E-state index in [9.17, 15) is 9.59 Å². The molecule has 1 aliphatic heterocycles. The molecule has 1 N–H and O–H groups in total. The molecule has 2 heterocycles. The fraction of sp³-hybridized carbons (Fsp3) is 0.345. The molecule has 2 amide bonds. The molecule has 1 aromatic heterocycles. The van der Waals surface area contributed by atoms with Crippen LogP contribution in [0.1, 0.15) is 56.4 Å². The molecule has 7 nitrogen and oxygen atoms in total. The van der Waals surface area contributed by atoms with E-state index in [4.69, 9.17) is 26.1 Å². The summed E-state index contributed by atoms with van der Waals surface area (Å²) in [6.45, 7) is 3.58. The lowest BCUT2D eigenvalue weighted by atomic mass is 9.89. The van der Waals surface area contributed by atoms with Crippen LogP contribution in [-0.4, -0.2) is 55.6 Å². The molecule has 194 valence electrons. The Hall–Kier alpha value is -3.58. The van der Waals surface area contributed by atoms with Crippen molar-refractivity contribution in [1.82, 2.24) is 15.2 Å². The van der Waals surface area contributed by atoms with Gasteiger partial charge in [-0.25, -0.2) is 0 Å². The number of hydrogen-bond donors (Lipinski definition) is 1. The molecular formula is C29H32ClN3O4. The topological polar surface area (TPSA) is 80.8 Å². The summed E-state index contributed by atoms with van der Waals surface area (Å²) in [5, 5.41) is 3.50. The van der Waals surface area contributed by atoms with Crippen LogP contribution in [-0.2, 0) is 6.42 Å². The van der Waals surface area contributed by atoms with Crippen LogP contribution in [0.2, 0.25) is 5.02 Å². The minimum absolute atomic E-state index is 0.0608. The van der Waals surface area contributed by atoms with Crippen molar-refractivity contribution in [3.63, 3.8) is 0 Å². The van der Waals surface area contributed by atoms with E-state index in [1.54, 1.807) is 26.4 Å². The molecule has 3 aromatic rings. The Labute approximate surface area is 222 Å². The summed E-state index contributed by atoms with van der Waals surface area (Å²) >= 11 is 6.23. The average Bonchev–Trinajstić information content (AvgIpc) is 2.92. The first-order valence-corrected chi connectivity index (χ1v) is 12.8. The number of amides is 2. The van der Waals surface area contributed by atoms with Gasteiger partial charge in [0, 0.05) is 31.2 Å². The van der Waals surface area contributed by atoms with E-state index in [-0.39, 0.29) is 17.7 Å². The lowest BCUT2D eigenvalue weighted by Crippen LogP contribution is -2.38. The number of hydrogen-bond acceptors (Lipinski definition) is 5. The average molecular weight is 522 g/mol. The maximum atomic E-state index is 13.2. The lowest BCUT2D eigenvalue weighted by Gasteiger charge is -2.32. The largest absolute Gasteiger partial charge is 0.493 e. The van der Waals surface area contributed by atoms with Crippen LogP contribution in [0.15, 0.2) is 54.6 Å². The van der Waals surface area contributed by atoms with E-state index in [1.807, 2.05) is 54.3 Å². The number of pyridine rings is 1. The van der Waals surface area contributed by atoms with Crippen molar-refractivity contribution in [1.29, 1.82) is 0 Å². The molecule has 1 fully saturated rings. The van der Waals surface area contributed by atoms with Crippen LogP contribution in [0, 0.1) is 6.92 Å². The van der Waals surface area contributed by atoms with Gasteiger partial charge < -0.3 is 19.7 Å². The van der Waals surface area contributed by atoms with Gasteiger partial charge in [-0.1, -0.05) is 29.8 Å². The fourth-order valence-electron chi connectivity index (χ4n) is 4.69. The Morgan fingerprint density at radius 1 is 1.00 bits per heavy atom. The monoisotopic (exact) mass is 521 g/mol. The number of carbonyl (C=O) groups excluding carboxylic acids is 2. The third kappa shape index (κ3) is 6.23. The van der Waals surface area contributed by atoms with Gasteiger partial charge in [0.25, 0.3) is 11.8 Å². The zero-order valence-corrected chi connectivity index (χ0v) is 22.2. The Balaban J connectivity index is 1.39. The Kier molecular flexibility index (Phi) is 8.66. The zero-order chi connectivity index (χ0) is 26.4. The highest BCUT2D eigenvalue weighted by atomic mass is 35.5. The van der Waals surface area contributed by atoms with Gasteiger partial charge in [0.05, 0.1) is 36.1 Å². The predicted octanol–water partition coefficient (Wildman–Crippen LogP) is 5.05. The minimum atomic E-state index is -0.141. The van der Waals surface area contributed by atoms with Crippen molar-refractivity contribution in [2.24, 2.45) is 0 Å². The second kappa shape index (κ2) is 12.1. The van der Waals surface area contributed by atoms with Gasteiger partial charge in [0.2, 0.25) is 0 Å². The number of aryl methyl sites for hydroxylation is 1. The van der Waals surface area contributed by atoms with Crippen LogP contribution in [0.4, 0.5) is 0 Å². The highest BCUT2D eigenvalue weighted by Gasteiger charge is 2.29. The third-order valence-electron chi connectivity index (χ3n) is 6.73. The molecule has 1 saturated heterocycles. The molecule has 0 atom stereocenters. The van der Waals surface area contributed by atoms with Crippen molar-refractivity contribution < 1.29 is 19.1 Å². The van der Waals surface area contributed by atoms with E-state index < -0.39 is 0 Å². The highest BCUT2D eigenvalue weighted by Crippen LogP contribution is 2.31. The van der Waals surface area contributed by atoms with E-state index >= 15 is 0 Å². The summed E-state index contributed by atoms with van der Waals surface area (Å²) in [4.78, 5) is 32.7. The lowest BCUT2D eigenvalue weighted by molar-refractivity contribution is 0.0710. The molecule has 1 aliphatic rings. The number of ether oxygens (including phenoxy) is 2. The number of likely N-dealkylation sites (tertiary alicyclic amines) is 1. The summed E-state index contributed by atoms with van der Waals surface area (Å²) < 4.78 is 10.7. The van der Waals surface area contributed by atoms with Gasteiger partial charge in [-0.15, -0.1) is 0 Å². The summed E-state index contributed by atoms with van der Waals surface area (Å²) in [5.74, 6) is 1.23. The number of piperidine rings is 1. The number of nitrogens with zero attached hydrogens (tertiary/aromatic N) is 2. The van der Waals surface area contributed by atoms with Crippen molar-refractivity contribution in [3.05, 3.63) is 87.7 Å². The van der Waals surface area contributed by atoms with Gasteiger partial charge >= 0.3 is 0 Å². The highest BCUT2D eigenvalue weighted by molar-refractivity contribution is 6.33. The number of methoxy groups -OCH3 is 2. The first-order chi connectivity index (χ1) is 17.9. The van der Waals surface area contributed by atoms with Crippen molar-refractivity contribution in [2.45, 2.75) is 32.1 Å². The summed E-state index contributed by atoms with van der Waals surface area (Å²) in [5.41, 5.74) is 3.82. The summed E-state index contributed by atoms with van der Waals surface area (Å²) in [6.07, 6.45) is 2.13. The van der Waals surface area contributed by atoms with Gasteiger partial charge in [-0.2, -0.15) is 0 Å². The zero-order valence-electron chi connectivity index (χ0n) is 21.4. The van der Waals surface area contributed by atoms with Crippen LogP contribution in [0.3, 0.4) is 0 Å². The van der Waals surface area contributed by atoms with Gasteiger partial charge in [0.15, 0.2) is 11.5 Å². The van der Waals surface area contributed by atoms with Gasteiger partial charge in [-0.05, 0) is 68.1 Å². The SMILES string of the molecule is COc1ccc(CCNC(=O)c2ccc(C)nc2C2CCN(C(=O)c3ccccc3Cl)CC2)cc1OC. The fourth-order valence-corrected chi connectivity index (χ4v) is 4.91. The van der Waals surface area contributed by atoms with Crippen molar-refractivity contribution >= 4 is 23.4 Å². The smallest absolute Gasteiger partial charge is 0.255 e. The predicted molar refractivity (Wildman–Crippen MR) is 144 cm³/mol. The Bertz CT molecular complexity index is 1270. The number of nitrogens with one attached hydrogen (secondary N) is 1. The van der Waals surface area contributed by atoms with Crippen molar-refractivity contribution in [2.75, 3.05) is 33.9 Å². The first-order valence-electron chi connectivity index (χ1n) is 12.4. The first kappa shape index (κ1) is 26.5. The van der Waals surface area contributed by atoms with Crippen LogP contribution < -0.4 is 14.8 Å². The molecule has 0 bridgehead atoms. The van der Waals surface area contributed by atoms with E-state index in [1.165, 1.54) is 0 Å². The maximum absolute atomic E-state index is 13.2. The van der Waals surface area contributed by atoms with Crippen LogP contribution >= 0.6 is 11.6 Å². The molecule has 37 heavy (non-hydrogen) atoms. The second-order valence-corrected chi connectivity index (χ2v) is 9.53. The van der Waals surface area contributed by atoms with E-state index in [2.05, 4.69) is 5.32 Å². The van der Waals surface area contributed by atoms with Crippen molar-refractivity contribution in [3.8, 4) is 11.5 Å². The molecule has 0 saturated carbocycles. The van der Waals surface area contributed by atoms with Gasteiger partial charge in [-0.3, -0.25) is 14.6 Å². The quantitative estimate of drug-likeness (QED) is 0.448. The standard InChI is InChI=1S/C29H32ClN3O4/c1-19-8-10-23(28(34)31-15-12-20-9-11-25(36-2)26(18-20)37-3)27(32-19)21-13-16-33(17-14-21)29(35)22-6-4-5-7-24(22)30/h4-11,18,21H,12-17H2,1-3H3,(H,31,34). The molecule has 4 rings (SSSR count). The molecule has 0 unspecified atom stereocenters. The minimum Gasteiger partial charge on any atom is -0.493 e. The molecule has 8 heteroatoms. The number of rotatable bonds is 8. The Morgan fingerprint density at radius 2 is 1.73 bits per heavy atom. The maximum Gasteiger partial charge on any atom is 0.255 e. The van der Waals surface area contributed by atoms with E-state index in [0.29, 0.717) is 53.7 Å². The second-order valence-electron chi connectivity index (χ2n) is 9.13. The van der Waals surface area contributed by atoms with Crippen LogP contribution in [0.25, 0.3) is 0 Å². The molecular weight excluding hydrogens is 490 g/mol. The van der Waals surface area contributed by atoms with E-state index in [0.717, 1.165) is 29.8 Å².